The Hall–Kier alpha value is -1.16. The van der Waals surface area contributed by atoms with E-state index in [9.17, 15) is 0 Å². The number of ether oxygens (including phenoxy) is 1. The first kappa shape index (κ1) is 15.2. The van der Waals surface area contributed by atoms with E-state index in [1.807, 2.05) is 13.1 Å². The summed E-state index contributed by atoms with van der Waals surface area (Å²) in [5.41, 5.74) is 1.06. The number of nitrogens with zero attached hydrogens (tertiary/aromatic N) is 2. The number of hydrogen-bond donors (Lipinski definition) is 1. The van der Waals surface area contributed by atoms with Gasteiger partial charge in [-0.2, -0.15) is 0 Å². The third-order valence-electron chi connectivity index (χ3n) is 4.42. The maximum atomic E-state index is 5.15. The molecule has 0 spiro atoms. The Morgan fingerprint density at radius 1 is 1.30 bits per heavy atom. The maximum Gasteiger partial charge on any atom is 0.216 e. The van der Waals surface area contributed by atoms with Crippen molar-refractivity contribution in [3.05, 3.63) is 18.1 Å². The van der Waals surface area contributed by atoms with Gasteiger partial charge >= 0.3 is 0 Å². The minimum absolute atomic E-state index is 0.497. The molecule has 20 heavy (non-hydrogen) atoms. The lowest BCUT2D eigenvalue weighted by atomic mass is 9.85. The topological polar surface area (TPSA) is 47.0 Å². The highest BCUT2D eigenvalue weighted by atomic mass is 16.5. The molecule has 4 heteroatoms. The molecule has 1 unspecified atom stereocenters. The van der Waals surface area contributed by atoms with Crippen LogP contribution in [-0.4, -0.2) is 30.2 Å². The molecule has 1 fully saturated rings. The van der Waals surface area contributed by atoms with Crippen molar-refractivity contribution in [3.8, 4) is 5.88 Å². The van der Waals surface area contributed by atoms with Crippen molar-refractivity contribution in [2.45, 2.75) is 57.4 Å². The van der Waals surface area contributed by atoms with E-state index in [1.54, 1.807) is 13.4 Å². The predicted octanol–water partition coefficient (Wildman–Crippen LogP) is 2.98. The molecule has 0 amide bonds. The highest BCUT2D eigenvalue weighted by Gasteiger charge is 2.16. The lowest BCUT2D eigenvalue weighted by Crippen LogP contribution is -2.28. The van der Waals surface area contributed by atoms with Gasteiger partial charge in [-0.25, -0.2) is 9.97 Å². The zero-order chi connectivity index (χ0) is 14.2. The van der Waals surface area contributed by atoms with Crippen LogP contribution in [0.3, 0.4) is 0 Å². The Bertz CT molecular complexity index is 391. The second kappa shape index (κ2) is 8.20. The second-order valence-corrected chi connectivity index (χ2v) is 5.82. The first-order chi connectivity index (χ1) is 9.81. The van der Waals surface area contributed by atoms with Crippen LogP contribution in [0.1, 0.15) is 50.6 Å². The summed E-state index contributed by atoms with van der Waals surface area (Å²) in [5, 5.41) is 3.43. The quantitative estimate of drug-likeness (QED) is 0.832. The number of likely N-dealkylation sites (N-methyl/N-ethyl adjacent to an activating group) is 1. The summed E-state index contributed by atoms with van der Waals surface area (Å²) in [6, 6.07) is 2.43. The fraction of sp³-hybridized carbons (Fsp3) is 0.750. The van der Waals surface area contributed by atoms with E-state index in [4.69, 9.17) is 4.74 Å². The van der Waals surface area contributed by atoms with Gasteiger partial charge in [0.2, 0.25) is 5.88 Å². The standard InChI is InChI=1S/C16H27N3O/c1-17-14(9-8-13-6-4-3-5-7-13)10-15-11-16(20-2)19-12-18-15/h11-14,17H,3-10H2,1-2H3. The van der Waals surface area contributed by atoms with Crippen molar-refractivity contribution in [1.29, 1.82) is 0 Å². The molecule has 4 nitrogen and oxygen atoms in total. The van der Waals surface area contributed by atoms with Gasteiger partial charge in [-0.3, -0.25) is 0 Å². The SMILES string of the molecule is CNC(CCC1CCCCC1)Cc1cc(OC)ncn1. The molecule has 2 rings (SSSR count). The molecule has 1 aromatic rings. The van der Waals surface area contributed by atoms with Crippen LogP contribution in [0.15, 0.2) is 12.4 Å². The monoisotopic (exact) mass is 277 g/mol. The largest absolute Gasteiger partial charge is 0.481 e. The van der Waals surface area contributed by atoms with Crippen LogP contribution in [0.2, 0.25) is 0 Å². The molecule has 112 valence electrons. The fourth-order valence-electron chi connectivity index (χ4n) is 3.11. The molecular weight excluding hydrogens is 250 g/mol. The van der Waals surface area contributed by atoms with Gasteiger partial charge in [0.15, 0.2) is 0 Å². The van der Waals surface area contributed by atoms with Crippen LogP contribution >= 0.6 is 0 Å². The molecule has 0 aromatic carbocycles. The third-order valence-corrected chi connectivity index (χ3v) is 4.42. The first-order valence-corrected chi connectivity index (χ1v) is 7.84. The molecule has 1 saturated carbocycles. The van der Waals surface area contributed by atoms with Gasteiger partial charge < -0.3 is 10.1 Å². The molecule has 0 aliphatic heterocycles. The highest BCUT2D eigenvalue weighted by molar-refractivity contribution is 5.14. The maximum absolute atomic E-state index is 5.15. The van der Waals surface area contributed by atoms with Crippen LogP contribution < -0.4 is 10.1 Å². The average molecular weight is 277 g/mol. The fourth-order valence-corrected chi connectivity index (χ4v) is 3.11. The Morgan fingerprint density at radius 2 is 2.10 bits per heavy atom. The van der Waals surface area contributed by atoms with Crippen molar-refractivity contribution < 1.29 is 4.74 Å². The number of hydrogen-bond acceptors (Lipinski definition) is 4. The molecule has 1 aliphatic carbocycles. The molecule has 1 aliphatic rings. The summed E-state index contributed by atoms with van der Waals surface area (Å²) >= 11 is 0. The van der Waals surface area contributed by atoms with Crippen molar-refractivity contribution in [1.82, 2.24) is 15.3 Å². The van der Waals surface area contributed by atoms with Crippen molar-refractivity contribution in [3.63, 3.8) is 0 Å². The van der Waals surface area contributed by atoms with Crippen molar-refractivity contribution in [2.75, 3.05) is 14.2 Å². The molecule has 0 bridgehead atoms. The highest BCUT2D eigenvalue weighted by Crippen LogP contribution is 2.28. The van der Waals surface area contributed by atoms with Crippen LogP contribution in [0.4, 0.5) is 0 Å². The van der Waals surface area contributed by atoms with Crippen LogP contribution in [0.5, 0.6) is 5.88 Å². The van der Waals surface area contributed by atoms with Crippen molar-refractivity contribution >= 4 is 0 Å². The summed E-state index contributed by atoms with van der Waals surface area (Å²) in [4.78, 5) is 8.40. The van der Waals surface area contributed by atoms with Gasteiger partial charge in [-0.1, -0.05) is 32.1 Å². The van der Waals surface area contributed by atoms with Gasteiger partial charge in [0.05, 0.1) is 7.11 Å². The summed E-state index contributed by atoms with van der Waals surface area (Å²) in [5.74, 6) is 1.59. The third kappa shape index (κ3) is 4.75. The zero-order valence-corrected chi connectivity index (χ0v) is 12.8. The first-order valence-electron chi connectivity index (χ1n) is 7.84. The van der Waals surface area contributed by atoms with Gasteiger partial charge in [-0.05, 0) is 25.8 Å². The van der Waals surface area contributed by atoms with Crippen molar-refractivity contribution in [2.24, 2.45) is 5.92 Å². The minimum Gasteiger partial charge on any atom is -0.481 e. The molecule has 1 heterocycles. The summed E-state index contributed by atoms with van der Waals surface area (Å²) in [7, 11) is 3.69. The van der Waals surface area contributed by atoms with E-state index in [2.05, 4.69) is 15.3 Å². The summed E-state index contributed by atoms with van der Waals surface area (Å²) in [6.45, 7) is 0. The van der Waals surface area contributed by atoms with E-state index < -0.39 is 0 Å². The van der Waals surface area contributed by atoms with E-state index in [1.165, 1.54) is 44.9 Å². The Balaban J connectivity index is 1.81. The Kier molecular flexibility index (Phi) is 6.25. The predicted molar refractivity (Wildman–Crippen MR) is 80.9 cm³/mol. The average Bonchev–Trinajstić information content (AvgIpc) is 2.52. The summed E-state index contributed by atoms with van der Waals surface area (Å²) < 4.78 is 5.15. The van der Waals surface area contributed by atoms with Gasteiger partial charge in [-0.15, -0.1) is 0 Å². The normalized spacial score (nSPS) is 17.9. The summed E-state index contributed by atoms with van der Waals surface area (Å²) in [6.07, 6.45) is 12.3. The Morgan fingerprint density at radius 3 is 2.80 bits per heavy atom. The molecular formula is C16H27N3O. The molecule has 1 aromatic heterocycles. The molecule has 0 saturated heterocycles. The Labute approximate surface area is 122 Å². The van der Waals surface area contributed by atoms with Gasteiger partial charge in [0.25, 0.3) is 0 Å². The lowest BCUT2D eigenvalue weighted by molar-refractivity contribution is 0.315. The number of aromatic nitrogens is 2. The minimum atomic E-state index is 0.497. The number of rotatable bonds is 7. The van der Waals surface area contributed by atoms with E-state index in [0.29, 0.717) is 11.9 Å². The van der Waals surface area contributed by atoms with E-state index in [-0.39, 0.29) is 0 Å². The lowest BCUT2D eigenvalue weighted by Gasteiger charge is -2.24. The van der Waals surface area contributed by atoms with Crippen LogP contribution in [-0.2, 0) is 6.42 Å². The number of methoxy groups -OCH3 is 1. The smallest absolute Gasteiger partial charge is 0.216 e. The second-order valence-electron chi connectivity index (χ2n) is 5.82. The van der Waals surface area contributed by atoms with E-state index in [0.717, 1.165) is 18.0 Å². The van der Waals surface area contributed by atoms with Gasteiger partial charge in [0, 0.05) is 24.2 Å². The number of nitrogens with one attached hydrogen (secondary N) is 1. The van der Waals surface area contributed by atoms with Crippen LogP contribution in [0, 0.1) is 5.92 Å². The van der Waals surface area contributed by atoms with E-state index >= 15 is 0 Å². The zero-order valence-electron chi connectivity index (χ0n) is 12.8. The molecule has 0 radical (unpaired) electrons. The van der Waals surface area contributed by atoms with Crippen LogP contribution in [0.25, 0.3) is 0 Å². The molecule has 1 atom stereocenters. The van der Waals surface area contributed by atoms with Gasteiger partial charge in [0.1, 0.15) is 6.33 Å². The molecule has 1 N–H and O–H groups in total.